The van der Waals surface area contributed by atoms with Crippen LogP contribution < -0.4 is 9.47 Å². The Balaban J connectivity index is 2.49. The first kappa shape index (κ1) is 23.7. The Morgan fingerprint density at radius 3 is 1.57 bits per heavy atom. The van der Waals surface area contributed by atoms with Crippen molar-refractivity contribution < 1.29 is 19.7 Å². The van der Waals surface area contributed by atoms with Gasteiger partial charge in [0.25, 0.3) is 0 Å². The topological polar surface area (TPSA) is 58.9 Å². The molecule has 0 amide bonds. The summed E-state index contributed by atoms with van der Waals surface area (Å²) in [6.07, 6.45) is 4.19. The molecule has 0 heterocycles. The van der Waals surface area contributed by atoms with Gasteiger partial charge in [-0.25, -0.2) is 0 Å². The Labute approximate surface area is 181 Å². The fourth-order valence-electron chi connectivity index (χ4n) is 3.44. The van der Waals surface area contributed by atoms with E-state index in [4.69, 9.17) is 9.47 Å². The molecule has 0 bridgehead atoms. The highest BCUT2D eigenvalue weighted by Gasteiger charge is 2.26. The number of aromatic hydroxyl groups is 2. The molecule has 164 valence electrons. The molecule has 2 rings (SSSR count). The van der Waals surface area contributed by atoms with Crippen molar-refractivity contribution in [3.63, 3.8) is 0 Å². The van der Waals surface area contributed by atoms with Gasteiger partial charge in [0.05, 0.1) is 14.2 Å². The quantitative estimate of drug-likeness (QED) is 0.586. The van der Waals surface area contributed by atoms with Crippen molar-refractivity contribution in [1.29, 1.82) is 0 Å². The van der Waals surface area contributed by atoms with Crippen molar-refractivity contribution in [3.8, 4) is 23.0 Å². The van der Waals surface area contributed by atoms with Crippen LogP contribution in [0.5, 0.6) is 23.0 Å². The average Bonchev–Trinajstić information content (AvgIpc) is 2.65. The molecule has 0 fully saturated rings. The Morgan fingerprint density at radius 1 is 0.767 bits per heavy atom. The number of rotatable bonds is 5. The van der Waals surface area contributed by atoms with Crippen LogP contribution in [0.4, 0.5) is 0 Å². The largest absolute Gasteiger partial charge is 0.507 e. The van der Waals surface area contributed by atoms with Gasteiger partial charge in [0.1, 0.15) is 5.75 Å². The van der Waals surface area contributed by atoms with Crippen molar-refractivity contribution in [2.24, 2.45) is 0 Å². The molecule has 0 saturated heterocycles. The lowest BCUT2D eigenvalue weighted by Crippen LogP contribution is -2.17. The van der Waals surface area contributed by atoms with Crippen LogP contribution >= 0.6 is 0 Å². The molecule has 0 aromatic heterocycles. The fraction of sp³-hybridized carbons (Fsp3) is 0.462. The lowest BCUT2D eigenvalue weighted by Gasteiger charge is -2.28. The van der Waals surface area contributed by atoms with E-state index in [0.29, 0.717) is 17.2 Å². The van der Waals surface area contributed by atoms with Gasteiger partial charge in [-0.2, -0.15) is 0 Å². The molecule has 30 heavy (non-hydrogen) atoms. The third-order valence-corrected chi connectivity index (χ3v) is 5.35. The maximum Gasteiger partial charge on any atom is 0.200 e. The summed E-state index contributed by atoms with van der Waals surface area (Å²) in [5.41, 5.74) is 3.57. The van der Waals surface area contributed by atoms with Gasteiger partial charge in [0, 0.05) is 11.1 Å². The van der Waals surface area contributed by atoms with E-state index >= 15 is 0 Å². The number of phenols is 2. The highest BCUT2D eigenvalue weighted by atomic mass is 16.5. The van der Waals surface area contributed by atoms with Crippen molar-refractivity contribution in [1.82, 2.24) is 0 Å². The van der Waals surface area contributed by atoms with Crippen molar-refractivity contribution in [2.45, 2.75) is 65.2 Å². The van der Waals surface area contributed by atoms with E-state index in [1.54, 1.807) is 0 Å². The molecule has 0 aliphatic rings. The minimum atomic E-state index is -0.169. The Hall–Kier alpha value is -2.62. The van der Waals surface area contributed by atoms with Gasteiger partial charge >= 0.3 is 0 Å². The van der Waals surface area contributed by atoms with Crippen LogP contribution in [-0.4, -0.2) is 24.4 Å². The second kappa shape index (κ2) is 8.63. The van der Waals surface area contributed by atoms with Crippen LogP contribution in [0.1, 0.15) is 76.6 Å². The van der Waals surface area contributed by atoms with Crippen LogP contribution in [0.15, 0.2) is 30.3 Å². The van der Waals surface area contributed by atoms with Gasteiger partial charge in [0.15, 0.2) is 11.5 Å². The summed E-state index contributed by atoms with van der Waals surface area (Å²) < 4.78 is 10.6. The molecule has 0 aliphatic heterocycles. The van der Waals surface area contributed by atoms with E-state index in [2.05, 4.69) is 72.8 Å². The second-order valence-electron chi connectivity index (χ2n) is 9.89. The molecule has 4 heteroatoms. The zero-order valence-corrected chi connectivity index (χ0v) is 19.8. The molecular weight excluding hydrogens is 376 g/mol. The highest BCUT2D eigenvalue weighted by Crippen LogP contribution is 2.41. The first-order chi connectivity index (χ1) is 13.8. The summed E-state index contributed by atoms with van der Waals surface area (Å²) in [4.78, 5) is 0. The van der Waals surface area contributed by atoms with Gasteiger partial charge in [-0.15, -0.1) is 0 Å². The molecule has 0 saturated carbocycles. The van der Waals surface area contributed by atoms with Gasteiger partial charge in [-0.1, -0.05) is 60.6 Å². The third-order valence-electron chi connectivity index (χ3n) is 5.35. The highest BCUT2D eigenvalue weighted by molar-refractivity contribution is 5.60. The van der Waals surface area contributed by atoms with Crippen LogP contribution in [0.25, 0.3) is 6.08 Å². The molecule has 2 aromatic rings. The summed E-state index contributed by atoms with van der Waals surface area (Å²) in [5.74, 6) is 1.23. The number of allylic oxidation sites excluding steroid dienone is 1. The van der Waals surface area contributed by atoms with Gasteiger partial charge < -0.3 is 19.7 Å². The fourth-order valence-corrected chi connectivity index (χ4v) is 3.44. The summed E-state index contributed by atoms with van der Waals surface area (Å²) in [6, 6.07) is 7.77. The van der Waals surface area contributed by atoms with Crippen molar-refractivity contribution in [3.05, 3.63) is 52.6 Å². The summed E-state index contributed by atoms with van der Waals surface area (Å²) in [5, 5.41) is 21.1. The first-order valence-corrected chi connectivity index (χ1v) is 10.3. The van der Waals surface area contributed by atoms with Gasteiger partial charge in [-0.3, -0.25) is 0 Å². The van der Waals surface area contributed by atoms with Crippen LogP contribution in [0, 0.1) is 0 Å². The number of hydrogen-bond acceptors (Lipinski definition) is 4. The molecule has 2 aromatic carbocycles. The molecule has 2 N–H and O–H groups in total. The SMILES string of the molecule is COc1cc(C(C)C=Cc2cc(C(C)(C)C)c(O)c(C(C)(C)C)c2)cc(OC)c1O. The molecule has 0 spiro atoms. The predicted molar refractivity (Wildman–Crippen MR) is 124 cm³/mol. The normalized spacial score (nSPS) is 13.5. The Kier molecular flexibility index (Phi) is 6.80. The number of methoxy groups -OCH3 is 2. The summed E-state index contributed by atoms with van der Waals surface area (Å²) >= 11 is 0. The number of hydrogen-bond donors (Lipinski definition) is 2. The maximum absolute atomic E-state index is 10.9. The van der Waals surface area contributed by atoms with Crippen molar-refractivity contribution >= 4 is 6.08 Å². The summed E-state index contributed by atoms with van der Waals surface area (Å²) in [7, 11) is 3.05. The first-order valence-electron chi connectivity index (χ1n) is 10.3. The standard InChI is InChI=1S/C26H36O4/c1-16(18-14-21(29-8)24(28)22(15-18)30-9)10-11-17-12-19(25(2,3)4)23(27)20(13-17)26(5,6)7/h10-16,27-28H,1-9H3. The van der Waals surface area contributed by atoms with E-state index in [1.807, 2.05) is 12.1 Å². The average molecular weight is 413 g/mol. The van der Waals surface area contributed by atoms with E-state index in [1.165, 1.54) is 14.2 Å². The van der Waals surface area contributed by atoms with E-state index in [0.717, 1.165) is 22.3 Å². The van der Waals surface area contributed by atoms with E-state index in [-0.39, 0.29) is 22.5 Å². The zero-order chi connectivity index (χ0) is 22.9. The Bertz CT molecular complexity index is 867. The van der Waals surface area contributed by atoms with Gasteiger partial charge in [0.2, 0.25) is 5.75 Å². The molecule has 1 unspecified atom stereocenters. The lowest BCUT2D eigenvalue weighted by atomic mass is 9.78. The molecular formula is C26H36O4. The Morgan fingerprint density at radius 2 is 1.20 bits per heavy atom. The smallest absolute Gasteiger partial charge is 0.200 e. The molecule has 0 aliphatic carbocycles. The lowest BCUT2D eigenvalue weighted by molar-refractivity contribution is 0.339. The number of ether oxygens (including phenoxy) is 2. The molecule has 4 nitrogen and oxygen atoms in total. The zero-order valence-electron chi connectivity index (χ0n) is 19.8. The van der Waals surface area contributed by atoms with Crippen LogP contribution in [-0.2, 0) is 10.8 Å². The van der Waals surface area contributed by atoms with Gasteiger partial charge in [-0.05, 0) is 52.1 Å². The monoisotopic (exact) mass is 412 g/mol. The maximum atomic E-state index is 10.9. The van der Waals surface area contributed by atoms with Crippen LogP contribution in [0.3, 0.4) is 0 Å². The third kappa shape index (κ3) is 5.10. The van der Waals surface area contributed by atoms with E-state index < -0.39 is 0 Å². The van der Waals surface area contributed by atoms with Crippen molar-refractivity contribution in [2.75, 3.05) is 14.2 Å². The molecule has 1 atom stereocenters. The minimum absolute atomic E-state index is 0.00287. The predicted octanol–water partition coefficient (Wildman–Crippen LogP) is 6.53. The second-order valence-corrected chi connectivity index (χ2v) is 9.89. The minimum Gasteiger partial charge on any atom is -0.507 e. The number of benzene rings is 2. The number of phenolic OH excluding ortho intramolecular Hbond substituents is 2. The summed E-state index contributed by atoms with van der Waals surface area (Å²) in [6.45, 7) is 14.7. The molecule has 0 radical (unpaired) electrons. The van der Waals surface area contributed by atoms with E-state index in [9.17, 15) is 10.2 Å². The van der Waals surface area contributed by atoms with Crippen LogP contribution in [0.2, 0.25) is 0 Å².